The van der Waals surface area contributed by atoms with E-state index >= 15 is 0 Å². The Morgan fingerprint density at radius 2 is 1.52 bits per heavy atom. The second-order valence-corrected chi connectivity index (χ2v) is 12.6. The maximum atomic E-state index is 11.5. The van der Waals surface area contributed by atoms with Crippen molar-refractivity contribution < 1.29 is 69.3 Å². The normalized spacial score (nSPS) is 44.3. The van der Waals surface area contributed by atoms with Gasteiger partial charge in [0.1, 0.15) is 54.6 Å². The summed E-state index contributed by atoms with van der Waals surface area (Å²) in [6.07, 6.45) is -14.4. The molecule has 2 saturated heterocycles. The Kier molecular flexibility index (Phi) is 15.1. The Morgan fingerprint density at radius 3 is 2.19 bits per heavy atom. The summed E-state index contributed by atoms with van der Waals surface area (Å²) in [6.45, 7) is -0.834. The molecule has 1 aliphatic carbocycles. The average Bonchev–Trinajstić information content (AvgIpc) is 3.37. The van der Waals surface area contributed by atoms with Crippen molar-refractivity contribution in [2.75, 3.05) is 46.0 Å². The van der Waals surface area contributed by atoms with Crippen LogP contribution in [0.15, 0.2) is 11.8 Å². The molecule has 1 saturated carbocycles. The Balaban J connectivity index is 1.52. The van der Waals surface area contributed by atoms with Crippen molar-refractivity contribution in [1.82, 2.24) is 10.6 Å². The zero-order valence-electron chi connectivity index (χ0n) is 26.6. The van der Waals surface area contributed by atoms with Crippen molar-refractivity contribution in [2.45, 2.75) is 117 Å². The lowest BCUT2D eigenvalue weighted by molar-refractivity contribution is -0.282. The fourth-order valence-corrected chi connectivity index (χ4v) is 6.19. The van der Waals surface area contributed by atoms with E-state index in [0.29, 0.717) is 25.3 Å². The first-order chi connectivity index (χ1) is 22.9. The molecule has 0 amide bonds. The lowest BCUT2D eigenvalue weighted by atomic mass is 9.83. The zero-order valence-corrected chi connectivity index (χ0v) is 26.6. The fourth-order valence-electron chi connectivity index (χ4n) is 6.19. The maximum absolute atomic E-state index is 11.5. The lowest BCUT2D eigenvalue weighted by Crippen LogP contribution is -2.66. The van der Waals surface area contributed by atoms with Crippen molar-refractivity contribution >= 4 is 0 Å². The van der Waals surface area contributed by atoms with Crippen LogP contribution in [0.1, 0.15) is 12.8 Å². The van der Waals surface area contributed by atoms with Gasteiger partial charge in [-0.15, -0.1) is 0 Å². The highest BCUT2D eigenvalue weighted by Gasteiger charge is 2.54. The highest BCUT2D eigenvalue weighted by atomic mass is 16.8. The number of rotatable bonds is 16. The van der Waals surface area contributed by atoms with Crippen LogP contribution in [-0.4, -0.2) is 191 Å². The van der Waals surface area contributed by atoms with E-state index in [9.17, 15) is 35.7 Å². The molecule has 4 aliphatic rings. The SMILES string of the molecule is NC[C@@H]1O[C@H](O[C@H]2[C@@H](O)[C@H](O[C@@H]3[C@@H](O)[C@H](NCC(O)CO)C[C@H](N)[C@H]3O[C@H]3OC(CNCCO)=CC[C@H]3N)O[C@@H]2CO)[C@H](N)[C@@H](O)[C@@H]1O. The molecule has 0 aromatic rings. The van der Waals surface area contributed by atoms with Gasteiger partial charge in [-0.3, -0.25) is 0 Å². The van der Waals surface area contributed by atoms with E-state index in [1.165, 1.54) is 0 Å². The van der Waals surface area contributed by atoms with Gasteiger partial charge in [0.15, 0.2) is 12.6 Å². The first kappa shape index (κ1) is 39.6. The summed E-state index contributed by atoms with van der Waals surface area (Å²) in [5.74, 6) is 0.521. The molecule has 20 nitrogen and oxygen atoms in total. The van der Waals surface area contributed by atoms with Gasteiger partial charge in [0.2, 0.25) is 6.29 Å². The van der Waals surface area contributed by atoms with Gasteiger partial charge < -0.3 is 103 Å². The number of nitrogens with one attached hydrogen (secondary N) is 2. The standard InChI is InChI=1S/C28H54N6O14/c29-6-16-20(40)21(41)18(32)27(44-16)47-24-17(10-37)45-28(22(24)42)48-25-19(39)15(34-7-11(38)9-36)5-14(31)23(25)46-26-13(30)2-1-12(43-26)8-33-3-4-35/h1,11,13-28,33-42H,2-10,29-32H2/t11?,13-,14+,15-,16+,17-,18-,19+,20-,21-,22-,23-,24-,25-,26-,27-,28+/m1/s1. The minimum atomic E-state index is -1.60. The predicted octanol–water partition coefficient (Wildman–Crippen LogP) is -8.10. The third kappa shape index (κ3) is 9.36. The number of hydrogen-bond donors (Lipinski definition) is 14. The molecule has 18 N–H and O–H groups in total. The topological polar surface area (TPSA) is 345 Å². The van der Waals surface area contributed by atoms with E-state index < -0.39 is 117 Å². The van der Waals surface area contributed by atoms with E-state index in [1.807, 2.05) is 0 Å². The summed E-state index contributed by atoms with van der Waals surface area (Å²) in [5.41, 5.74) is 24.5. The van der Waals surface area contributed by atoms with Crippen LogP contribution in [-0.2, 0) is 28.4 Å². The van der Waals surface area contributed by atoms with Crippen LogP contribution in [0, 0.1) is 0 Å². The molecule has 0 aromatic carbocycles. The van der Waals surface area contributed by atoms with Gasteiger partial charge in [-0.1, -0.05) is 0 Å². The number of ether oxygens (including phenoxy) is 6. The molecule has 3 heterocycles. The highest BCUT2D eigenvalue weighted by Crippen LogP contribution is 2.34. The third-order valence-corrected chi connectivity index (χ3v) is 8.99. The van der Waals surface area contributed by atoms with E-state index in [0.717, 1.165) is 0 Å². The van der Waals surface area contributed by atoms with Crippen molar-refractivity contribution in [2.24, 2.45) is 22.9 Å². The molecule has 3 aliphatic heterocycles. The number of hydrogen-bond acceptors (Lipinski definition) is 20. The van der Waals surface area contributed by atoms with Gasteiger partial charge in [-0.2, -0.15) is 0 Å². The summed E-state index contributed by atoms with van der Waals surface area (Å²) in [5, 5.41) is 87.7. The van der Waals surface area contributed by atoms with Crippen LogP contribution in [0.2, 0.25) is 0 Å². The highest BCUT2D eigenvalue weighted by molar-refractivity contribution is 5.05. The Hall–Kier alpha value is -1.22. The Morgan fingerprint density at radius 1 is 0.833 bits per heavy atom. The first-order valence-corrected chi connectivity index (χ1v) is 16.2. The molecule has 20 heteroatoms. The summed E-state index contributed by atoms with van der Waals surface area (Å²) in [6, 6.07) is -3.44. The zero-order chi connectivity index (χ0) is 35.1. The van der Waals surface area contributed by atoms with Crippen LogP contribution >= 0.6 is 0 Å². The van der Waals surface area contributed by atoms with Crippen LogP contribution in [0.3, 0.4) is 0 Å². The molecule has 0 spiro atoms. The van der Waals surface area contributed by atoms with Gasteiger partial charge in [-0.05, 0) is 18.9 Å². The first-order valence-electron chi connectivity index (χ1n) is 16.2. The molecular weight excluding hydrogens is 644 g/mol. The van der Waals surface area contributed by atoms with Crippen LogP contribution in [0.4, 0.5) is 0 Å². The van der Waals surface area contributed by atoms with Crippen molar-refractivity contribution in [3.05, 3.63) is 11.8 Å². The van der Waals surface area contributed by atoms with Crippen molar-refractivity contribution in [3.8, 4) is 0 Å². The molecule has 4 rings (SSSR count). The van der Waals surface area contributed by atoms with E-state index in [2.05, 4.69) is 10.6 Å². The van der Waals surface area contributed by atoms with Gasteiger partial charge >= 0.3 is 0 Å². The summed E-state index contributed by atoms with van der Waals surface area (Å²) < 4.78 is 35.7. The molecular formula is C28H54N6O14. The smallest absolute Gasteiger partial charge is 0.215 e. The van der Waals surface area contributed by atoms with Crippen molar-refractivity contribution in [1.29, 1.82) is 0 Å². The van der Waals surface area contributed by atoms with E-state index in [-0.39, 0.29) is 26.1 Å². The van der Waals surface area contributed by atoms with Crippen molar-refractivity contribution in [3.63, 3.8) is 0 Å². The fraction of sp³-hybridized carbons (Fsp3) is 0.929. The second-order valence-electron chi connectivity index (χ2n) is 12.6. The summed E-state index contributed by atoms with van der Waals surface area (Å²) in [4.78, 5) is 0. The van der Waals surface area contributed by atoms with Crippen LogP contribution < -0.4 is 33.6 Å². The van der Waals surface area contributed by atoms with E-state index in [1.54, 1.807) is 6.08 Å². The molecule has 1 unspecified atom stereocenters. The van der Waals surface area contributed by atoms with E-state index in [4.69, 9.17) is 56.5 Å². The summed E-state index contributed by atoms with van der Waals surface area (Å²) >= 11 is 0. The monoisotopic (exact) mass is 698 g/mol. The minimum Gasteiger partial charge on any atom is -0.467 e. The number of aliphatic hydroxyl groups is 8. The van der Waals surface area contributed by atoms with Crippen LogP contribution in [0.5, 0.6) is 0 Å². The van der Waals surface area contributed by atoms with Crippen LogP contribution in [0.25, 0.3) is 0 Å². The molecule has 48 heavy (non-hydrogen) atoms. The molecule has 0 radical (unpaired) electrons. The van der Waals surface area contributed by atoms with Gasteiger partial charge in [0.25, 0.3) is 0 Å². The molecule has 3 fully saturated rings. The third-order valence-electron chi connectivity index (χ3n) is 8.99. The Labute approximate surface area is 277 Å². The molecule has 0 aromatic heterocycles. The predicted molar refractivity (Wildman–Crippen MR) is 163 cm³/mol. The molecule has 0 bridgehead atoms. The van der Waals surface area contributed by atoms with Gasteiger partial charge in [0.05, 0.1) is 50.7 Å². The number of nitrogens with two attached hydrogens (primary N) is 4. The number of aliphatic hydroxyl groups excluding tert-OH is 8. The van der Waals surface area contributed by atoms with Gasteiger partial charge in [0, 0.05) is 31.7 Å². The minimum absolute atomic E-state index is 0.0665. The average molecular weight is 699 g/mol. The quantitative estimate of drug-likeness (QED) is 0.0665. The second kappa shape index (κ2) is 18.3. The summed E-state index contributed by atoms with van der Waals surface area (Å²) in [7, 11) is 0. The molecule has 280 valence electrons. The largest absolute Gasteiger partial charge is 0.467 e. The Bertz CT molecular complexity index is 1010. The lowest BCUT2D eigenvalue weighted by Gasteiger charge is -2.46. The molecule has 17 atom stereocenters. The van der Waals surface area contributed by atoms with Gasteiger partial charge in [-0.25, -0.2) is 0 Å². The maximum Gasteiger partial charge on any atom is 0.215 e.